The molecular formula is C15H16BrN3OS. The third-order valence-corrected chi connectivity index (χ3v) is 5.41. The number of nitrogen functional groups attached to an aromatic ring is 1. The van der Waals surface area contributed by atoms with E-state index in [0.717, 1.165) is 17.7 Å². The van der Waals surface area contributed by atoms with Crippen LogP contribution in [0.2, 0.25) is 0 Å². The molecule has 0 fully saturated rings. The lowest BCUT2D eigenvalue weighted by atomic mass is 10.1. The number of halogens is 1. The lowest BCUT2D eigenvalue weighted by Gasteiger charge is -2.05. The molecule has 0 aromatic carbocycles. The molecule has 0 saturated carbocycles. The van der Waals surface area contributed by atoms with Gasteiger partial charge >= 0.3 is 0 Å². The Morgan fingerprint density at radius 3 is 2.90 bits per heavy atom. The number of carbonyl (C=O) groups excluding carboxylic acids is 1. The van der Waals surface area contributed by atoms with Gasteiger partial charge in [-0.2, -0.15) is 0 Å². The summed E-state index contributed by atoms with van der Waals surface area (Å²) < 4.78 is 0.689. The first kappa shape index (κ1) is 14.5. The van der Waals surface area contributed by atoms with E-state index >= 15 is 0 Å². The second-order valence-corrected chi connectivity index (χ2v) is 7.16. The average Bonchev–Trinajstić information content (AvgIpc) is 2.73. The third kappa shape index (κ3) is 3.27. The Kier molecular flexibility index (Phi) is 4.26. The van der Waals surface area contributed by atoms with Crippen molar-refractivity contribution in [2.24, 2.45) is 0 Å². The van der Waals surface area contributed by atoms with Crippen molar-refractivity contribution in [3.63, 3.8) is 0 Å². The van der Waals surface area contributed by atoms with E-state index in [-0.39, 0.29) is 5.91 Å². The van der Waals surface area contributed by atoms with Gasteiger partial charge in [0, 0.05) is 4.88 Å². The van der Waals surface area contributed by atoms with E-state index in [1.807, 2.05) is 6.07 Å². The van der Waals surface area contributed by atoms with Crippen LogP contribution in [0, 0.1) is 0 Å². The van der Waals surface area contributed by atoms with E-state index in [1.54, 1.807) is 17.4 Å². The maximum absolute atomic E-state index is 12.4. The van der Waals surface area contributed by atoms with Crippen molar-refractivity contribution < 1.29 is 4.79 Å². The number of hydrogen-bond donors (Lipinski definition) is 2. The predicted molar refractivity (Wildman–Crippen MR) is 89.9 cm³/mol. The molecular weight excluding hydrogens is 350 g/mol. The molecule has 2 aromatic rings. The fourth-order valence-electron chi connectivity index (χ4n) is 2.49. The first-order valence-corrected chi connectivity index (χ1v) is 8.58. The molecule has 3 rings (SSSR count). The number of nitrogens with zero attached hydrogens (tertiary/aromatic N) is 1. The van der Waals surface area contributed by atoms with E-state index in [2.05, 4.69) is 26.2 Å². The monoisotopic (exact) mass is 365 g/mol. The molecule has 110 valence electrons. The number of fused-ring (bicyclic) bond motifs is 1. The zero-order chi connectivity index (χ0) is 14.8. The van der Waals surface area contributed by atoms with Gasteiger partial charge in [-0.25, -0.2) is 4.98 Å². The summed E-state index contributed by atoms with van der Waals surface area (Å²) in [5.41, 5.74) is 7.55. The van der Waals surface area contributed by atoms with Gasteiger partial charge < -0.3 is 11.1 Å². The number of anilines is 2. The molecule has 3 N–H and O–H groups in total. The van der Waals surface area contributed by atoms with Crippen LogP contribution in [0.4, 0.5) is 11.5 Å². The van der Waals surface area contributed by atoms with E-state index < -0.39 is 0 Å². The second kappa shape index (κ2) is 6.15. The van der Waals surface area contributed by atoms with Crippen molar-refractivity contribution in [3.05, 3.63) is 38.1 Å². The molecule has 4 nitrogen and oxygen atoms in total. The van der Waals surface area contributed by atoms with Crippen molar-refractivity contribution in [2.45, 2.75) is 32.1 Å². The number of thiophene rings is 1. The molecule has 0 aliphatic heterocycles. The number of carbonyl (C=O) groups is 1. The van der Waals surface area contributed by atoms with Crippen LogP contribution >= 0.6 is 27.3 Å². The maximum atomic E-state index is 12.4. The SMILES string of the molecule is Nc1cnc(NC(=O)c2cc3c(s2)CCCCC3)c(Br)c1. The summed E-state index contributed by atoms with van der Waals surface area (Å²) >= 11 is 4.97. The minimum atomic E-state index is -0.106. The van der Waals surface area contributed by atoms with Crippen LogP contribution < -0.4 is 11.1 Å². The molecule has 1 aliphatic carbocycles. The number of amides is 1. The van der Waals surface area contributed by atoms with Gasteiger partial charge in [-0.05, 0) is 59.3 Å². The predicted octanol–water partition coefficient (Wildman–Crippen LogP) is 4.01. The lowest BCUT2D eigenvalue weighted by molar-refractivity contribution is 0.103. The van der Waals surface area contributed by atoms with Gasteiger partial charge in [0.15, 0.2) is 0 Å². The molecule has 21 heavy (non-hydrogen) atoms. The summed E-state index contributed by atoms with van der Waals surface area (Å²) in [6.07, 6.45) is 7.44. The molecule has 1 aliphatic rings. The molecule has 2 aromatic heterocycles. The Hall–Kier alpha value is -1.40. The van der Waals surface area contributed by atoms with Crippen LogP contribution in [0.15, 0.2) is 22.8 Å². The number of nitrogens with one attached hydrogen (secondary N) is 1. The van der Waals surface area contributed by atoms with Gasteiger partial charge in [-0.15, -0.1) is 11.3 Å². The Morgan fingerprint density at radius 1 is 1.29 bits per heavy atom. The molecule has 0 atom stereocenters. The fraction of sp³-hybridized carbons (Fsp3) is 0.333. The quantitative estimate of drug-likeness (QED) is 0.790. The highest BCUT2D eigenvalue weighted by molar-refractivity contribution is 9.10. The van der Waals surface area contributed by atoms with Gasteiger partial charge in [0.2, 0.25) is 0 Å². The van der Waals surface area contributed by atoms with Crippen molar-refractivity contribution >= 4 is 44.7 Å². The zero-order valence-corrected chi connectivity index (χ0v) is 13.9. The summed E-state index contributed by atoms with van der Waals surface area (Å²) in [5.74, 6) is 0.392. The largest absolute Gasteiger partial charge is 0.397 e. The Morgan fingerprint density at radius 2 is 2.10 bits per heavy atom. The molecule has 0 radical (unpaired) electrons. The summed E-state index contributed by atoms with van der Waals surface area (Å²) in [6.45, 7) is 0. The standard InChI is InChI=1S/C15H16BrN3OS/c16-11-7-10(17)8-18-14(11)19-15(20)13-6-9-4-2-1-3-5-12(9)21-13/h6-8H,1-5,17H2,(H,18,19,20). The van der Waals surface area contributed by atoms with Crippen LogP contribution in [-0.2, 0) is 12.8 Å². The van der Waals surface area contributed by atoms with Gasteiger partial charge in [0.1, 0.15) is 5.82 Å². The third-order valence-electron chi connectivity index (χ3n) is 3.56. The number of nitrogens with two attached hydrogens (primary N) is 1. The number of hydrogen-bond acceptors (Lipinski definition) is 4. The van der Waals surface area contributed by atoms with E-state index in [4.69, 9.17) is 5.73 Å². The van der Waals surface area contributed by atoms with Crippen LogP contribution in [0.3, 0.4) is 0 Å². The topological polar surface area (TPSA) is 68.0 Å². The Bertz CT molecular complexity index is 660. The number of aromatic nitrogens is 1. The summed E-state index contributed by atoms with van der Waals surface area (Å²) in [4.78, 5) is 18.6. The van der Waals surface area contributed by atoms with Crippen LogP contribution in [0.25, 0.3) is 0 Å². The number of pyridine rings is 1. The fourth-order valence-corrected chi connectivity index (χ4v) is 4.11. The van der Waals surface area contributed by atoms with Gasteiger partial charge in [0.25, 0.3) is 5.91 Å². The summed E-state index contributed by atoms with van der Waals surface area (Å²) in [6, 6.07) is 3.76. The molecule has 6 heteroatoms. The first-order chi connectivity index (χ1) is 10.1. The van der Waals surface area contributed by atoms with Crippen molar-refractivity contribution in [2.75, 3.05) is 11.1 Å². The zero-order valence-electron chi connectivity index (χ0n) is 11.5. The second-order valence-electron chi connectivity index (χ2n) is 5.17. The smallest absolute Gasteiger partial charge is 0.266 e. The van der Waals surface area contributed by atoms with Crippen LogP contribution in [0.1, 0.15) is 39.4 Å². The minimum absolute atomic E-state index is 0.106. The highest BCUT2D eigenvalue weighted by Crippen LogP contribution is 2.30. The van der Waals surface area contributed by atoms with Crippen molar-refractivity contribution in [1.29, 1.82) is 0 Å². The average molecular weight is 366 g/mol. The van der Waals surface area contributed by atoms with Crippen molar-refractivity contribution in [1.82, 2.24) is 4.98 Å². The molecule has 0 bridgehead atoms. The van der Waals surface area contributed by atoms with Crippen LogP contribution in [0.5, 0.6) is 0 Å². The van der Waals surface area contributed by atoms with Crippen molar-refractivity contribution in [3.8, 4) is 0 Å². The van der Waals surface area contributed by atoms with E-state index in [0.29, 0.717) is 16.0 Å². The Labute approximate surface area is 135 Å². The highest BCUT2D eigenvalue weighted by atomic mass is 79.9. The lowest BCUT2D eigenvalue weighted by Crippen LogP contribution is -2.12. The van der Waals surface area contributed by atoms with Crippen LogP contribution in [-0.4, -0.2) is 10.9 Å². The highest BCUT2D eigenvalue weighted by Gasteiger charge is 2.17. The normalized spacial score (nSPS) is 14.3. The molecule has 2 heterocycles. The first-order valence-electron chi connectivity index (χ1n) is 6.97. The Balaban J connectivity index is 1.79. The summed E-state index contributed by atoms with van der Waals surface area (Å²) in [7, 11) is 0. The van der Waals surface area contributed by atoms with E-state index in [9.17, 15) is 4.79 Å². The molecule has 0 unspecified atom stereocenters. The minimum Gasteiger partial charge on any atom is -0.397 e. The van der Waals surface area contributed by atoms with E-state index in [1.165, 1.54) is 35.9 Å². The van der Waals surface area contributed by atoms with Gasteiger partial charge in [-0.1, -0.05) is 6.42 Å². The van der Waals surface area contributed by atoms with Gasteiger partial charge in [0.05, 0.1) is 21.2 Å². The number of rotatable bonds is 2. The molecule has 1 amide bonds. The number of aryl methyl sites for hydroxylation is 2. The summed E-state index contributed by atoms with van der Waals surface area (Å²) in [5, 5.41) is 2.84. The molecule has 0 saturated heterocycles. The van der Waals surface area contributed by atoms with Gasteiger partial charge in [-0.3, -0.25) is 4.79 Å². The maximum Gasteiger partial charge on any atom is 0.266 e. The molecule has 0 spiro atoms.